The largest absolute Gasteiger partial charge is 0.366 e. The zero-order valence-electron chi connectivity index (χ0n) is 18.4. The van der Waals surface area contributed by atoms with E-state index in [4.69, 9.17) is 0 Å². The smallest absolute Gasteiger partial charge is 0.256 e. The normalized spacial score (nSPS) is 15.3. The predicted molar refractivity (Wildman–Crippen MR) is 135 cm³/mol. The summed E-state index contributed by atoms with van der Waals surface area (Å²) in [5.41, 5.74) is 5.44. The lowest BCUT2D eigenvalue weighted by molar-refractivity contribution is 0.0793. The topological polar surface area (TPSA) is 52.7 Å². The maximum Gasteiger partial charge on any atom is 0.256 e. The second kappa shape index (κ2) is 9.40. The summed E-state index contributed by atoms with van der Waals surface area (Å²) in [5, 5.41) is 2.97. The van der Waals surface area contributed by atoms with Gasteiger partial charge in [-0.1, -0.05) is 36.4 Å². The summed E-state index contributed by atoms with van der Waals surface area (Å²) in [6, 6.07) is 21.5. The van der Waals surface area contributed by atoms with Crippen molar-refractivity contribution in [3.05, 3.63) is 93.5 Å². The molecule has 3 aromatic carbocycles. The molecule has 0 aliphatic carbocycles. The van der Waals surface area contributed by atoms with Gasteiger partial charge >= 0.3 is 0 Å². The molecule has 33 heavy (non-hydrogen) atoms. The molecular weight excluding hydrogens is 478 g/mol. The summed E-state index contributed by atoms with van der Waals surface area (Å²) < 4.78 is 0.736. The fraction of sp³-hybridized carbons (Fsp3) is 0.259. The van der Waals surface area contributed by atoms with Gasteiger partial charge in [-0.15, -0.1) is 0 Å². The number of hydrogen-bond donors (Lipinski definition) is 1. The Kier molecular flexibility index (Phi) is 6.18. The van der Waals surface area contributed by atoms with Gasteiger partial charge in [0.25, 0.3) is 11.8 Å². The van der Waals surface area contributed by atoms with E-state index in [2.05, 4.69) is 50.4 Å². The third kappa shape index (κ3) is 4.53. The third-order valence-corrected chi connectivity index (χ3v) is 7.16. The number of likely N-dealkylation sites (tertiary alicyclic amines) is 1. The van der Waals surface area contributed by atoms with Gasteiger partial charge in [0.2, 0.25) is 0 Å². The van der Waals surface area contributed by atoms with Gasteiger partial charge in [-0.3, -0.25) is 9.59 Å². The van der Waals surface area contributed by atoms with Crippen molar-refractivity contribution in [1.29, 1.82) is 0 Å². The quantitative estimate of drug-likeness (QED) is 0.511. The molecule has 0 bridgehead atoms. The number of carbonyl (C=O) groups is 2. The zero-order chi connectivity index (χ0) is 22.8. The van der Waals surface area contributed by atoms with E-state index in [1.807, 2.05) is 41.3 Å². The molecule has 0 spiro atoms. The number of anilines is 2. The summed E-state index contributed by atoms with van der Waals surface area (Å²) in [4.78, 5) is 30.6. The van der Waals surface area contributed by atoms with E-state index in [1.165, 1.54) is 11.1 Å². The first kappa shape index (κ1) is 21.7. The molecular formula is C27H26BrN3O2. The van der Waals surface area contributed by atoms with Gasteiger partial charge in [-0.05, 0) is 76.7 Å². The van der Waals surface area contributed by atoms with Crippen LogP contribution in [0.4, 0.5) is 11.4 Å². The van der Waals surface area contributed by atoms with E-state index >= 15 is 0 Å². The first-order valence-corrected chi connectivity index (χ1v) is 12.2. The Labute approximate surface area is 202 Å². The molecule has 0 radical (unpaired) electrons. The average Bonchev–Trinajstić information content (AvgIpc) is 3.38. The van der Waals surface area contributed by atoms with Gasteiger partial charge < -0.3 is 15.1 Å². The fourth-order valence-corrected chi connectivity index (χ4v) is 5.16. The molecule has 1 N–H and O–H groups in total. The molecule has 1 saturated heterocycles. The van der Waals surface area contributed by atoms with Crippen molar-refractivity contribution in [2.24, 2.45) is 0 Å². The molecule has 2 aliphatic heterocycles. The molecule has 0 aromatic heterocycles. The first-order valence-electron chi connectivity index (χ1n) is 11.4. The standard InChI is InChI=1S/C27H26BrN3O2/c28-24-10-4-3-9-22(24)26(32)29-21-11-12-25(23(17-21)27(33)30-14-5-6-15-30)31-16-13-19-7-1-2-8-20(19)18-31/h1-4,7-12,17H,5-6,13-16,18H2,(H,29,32). The molecule has 2 amide bonds. The molecule has 3 aromatic rings. The number of nitrogens with zero attached hydrogens (tertiary/aromatic N) is 2. The highest BCUT2D eigenvalue weighted by Crippen LogP contribution is 2.31. The SMILES string of the molecule is O=C(Nc1ccc(N2CCc3ccccc3C2)c(C(=O)N2CCCC2)c1)c1ccccc1Br. The maximum absolute atomic E-state index is 13.5. The molecule has 2 aliphatic rings. The molecule has 0 unspecified atom stereocenters. The van der Waals surface area contributed by atoms with Crippen LogP contribution in [0, 0.1) is 0 Å². The molecule has 2 heterocycles. The van der Waals surface area contributed by atoms with E-state index in [1.54, 1.807) is 6.07 Å². The van der Waals surface area contributed by atoms with Crippen LogP contribution in [0.5, 0.6) is 0 Å². The lowest BCUT2D eigenvalue weighted by Gasteiger charge is -2.33. The van der Waals surface area contributed by atoms with Crippen molar-refractivity contribution in [2.75, 3.05) is 29.9 Å². The molecule has 0 atom stereocenters. The number of fused-ring (bicyclic) bond motifs is 1. The van der Waals surface area contributed by atoms with Crippen LogP contribution in [0.1, 0.15) is 44.7 Å². The van der Waals surface area contributed by atoms with Crippen LogP contribution < -0.4 is 10.2 Å². The molecule has 6 heteroatoms. The highest BCUT2D eigenvalue weighted by atomic mass is 79.9. The van der Waals surface area contributed by atoms with Crippen LogP contribution in [-0.4, -0.2) is 36.3 Å². The van der Waals surface area contributed by atoms with Crippen molar-refractivity contribution < 1.29 is 9.59 Å². The van der Waals surface area contributed by atoms with Crippen molar-refractivity contribution in [3.8, 4) is 0 Å². The summed E-state index contributed by atoms with van der Waals surface area (Å²) in [7, 11) is 0. The number of carbonyl (C=O) groups excluding carboxylic acids is 2. The summed E-state index contributed by atoms with van der Waals surface area (Å²) in [6.45, 7) is 3.21. The van der Waals surface area contributed by atoms with Gasteiger partial charge in [0, 0.05) is 42.0 Å². The van der Waals surface area contributed by atoms with E-state index < -0.39 is 0 Å². The molecule has 1 fully saturated rings. The van der Waals surface area contributed by atoms with Gasteiger partial charge in [0.15, 0.2) is 0 Å². The van der Waals surface area contributed by atoms with E-state index in [9.17, 15) is 9.59 Å². The van der Waals surface area contributed by atoms with Crippen molar-refractivity contribution >= 4 is 39.1 Å². The van der Waals surface area contributed by atoms with Crippen molar-refractivity contribution in [3.63, 3.8) is 0 Å². The molecule has 0 saturated carbocycles. The van der Waals surface area contributed by atoms with Gasteiger partial charge in [-0.2, -0.15) is 0 Å². The van der Waals surface area contributed by atoms with Crippen LogP contribution in [0.2, 0.25) is 0 Å². The fourth-order valence-electron chi connectivity index (χ4n) is 4.70. The summed E-state index contributed by atoms with van der Waals surface area (Å²) in [6.07, 6.45) is 3.03. The first-order chi connectivity index (χ1) is 16.1. The minimum atomic E-state index is -0.207. The average molecular weight is 504 g/mol. The Morgan fingerprint density at radius 1 is 0.818 bits per heavy atom. The lowest BCUT2D eigenvalue weighted by atomic mass is 9.98. The number of amides is 2. The Hall–Kier alpha value is -3.12. The van der Waals surface area contributed by atoms with Crippen molar-refractivity contribution in [2.45, 2.75) is 25.8 Å². The maximum atomic E-state index is 13.5. The van der Waals surface area contributed by atoms with Crippen LogP contribution in [0.25, 0.3) is 0 Å². The molecule has 5 rings (SSSR count). The summed E-state index contributed by atoms with van der Waals surface area (Å²) >= 11 is 3.44. The van der Waals surface area contributed by atoms with Crippen LogP contribution in [-0.2, 0) is 13.0 Å². The highest BCUT2D eigenvalue weighted by Gasteiger charge is 2.26. The number of halogens is 1. The second-order valence-corrected chi connectivity index (χ2v) is 9.46. The van der Waals surface area contributed by atoms with Gasteiger partial charge in [0.05, 0.1) is 11.1 Å². The number of rotatable bonds is 4. The Bertz CT molecular complexity index is 1200. The van der Waals surface area contributed by atoms with Gasteiger partial charge in [0.1, 0.15) is 0 Å². The van der Waals surface area contributed by atoms with Crippen LogP contribution >= 0.6 is 15.9 Å². The minimum Gasteiger partial charge on any atom is -0.366 e. The van der Waals surface area contributed by atoms with Crippen molar-refractivity contribution in [1.82, 2.24) is 4.90 Å². The number of hydrogen-bond acceptors (Lipinski definition) is 3. The van der Waals surface area contributed by atoms with E-state index in [0.717, 1.165) is 55.6 Å². The lowest BCUT2D eigenvalue weighted by Crippen LogP contribution is -2.34. The van der Waals surface area contributed by atoms with Crippen LogP contribution in [0.15, 0.2) is 71.2 Å². The minimum absolute atomic E-state index is 0.0401. The van der Waals surface area contributed by atoms with E-state index in [0.29, 0.717) is 16.8 Å². The predicted octanol–water partition coefficient (Wildman–Crippen LogP) is 5.50. The Balaban J connectivity index is 1.47. The number of nitrogens with one attached hydrogen (secondary N) is 1. The molecule has 168 valence electrons. The summed E-state index contributed by atoms with van der Waals surface area (Å²) in [5.74, 6) is -0.167. The van der Waals surface area contributed by atoms with Crippen LogP contribution in [0.3, 0.4) is 0 Å². The van der Waals surface area contributed by atoms with Gasteiger partial charge in [-0.25, -0.2) is 0 Å². The third-order valence-electron chi connectivity index (χ3n) is 6.47. The monoisotopic (exact) mass is 503 g/mol. The number of benzene rings is 3. The Morgan fingerprint density at radius 3 is 2.33 bits per heavy atom. The molecule has 5 nitrogen and oxygen atoms in total. The zero-order valence-corrected chi connectivity index (χ0v) is 20.0. The highest BCUT2D eigenvalue weighted by molar-refractivity contribution is 9.10. The second-order valence-electron chi connectivity index (χ2n) is 8.61. The Morgan fingerprint density at radius 2 is 1.55 bits per heavy atom. The van der Waals surface area contributed by atoms with E-state index in [-0.39, 0.29) is 11.8 Å².